The lowest BCUT2D eigenvalue weighted by atomic mass is 10.2. The van der Waals surface area contributed by atoms with Crippen molar-refractivity contribution in [3.05, 3.63) is 18.2 Å². The molecule has 1 unspecified atom stereocenters. The van der Waals surface area contributed by atoms with Crippen LogP contribution in [0.5, 0.6) is 11.5 Å². The van der Waals surface area contributed by atoms with E-state index < -0.39 is 0 Å². The van der Waals surface area contributed by atoms with Crippen LogP contribution in [0.15, 0.2) is 18.2 Å². The smallest absolute Gasteiger partial charge is 0.244 e. The molecule has 19 heavy (non-hydrogen) atoms. The van der Waals surface area contributed by atoms with Crippen molar-refractivity contribution in [3.63, 3.8) is 0 Å². The fourth-order valence-corrected chi connectivity index (χ4v) is 2.55. The molecule has 0 aliphatic carbocycles. The Balaban J connectivity index is 1.78. The fourth-order valence-electron chi connectivity index (χ4n) is 2.55. The number of nitrogens with one attached hydrogen (secondary N) is 1. The largest absolute Gasteiger partial charge is 0.454 e. The van der Waals surface area contributed by atoms with Crippen molar-refractivity contribution in [1.29, 1.82) is 0 Å². The molecule has 102 valence electrons. The molecule has 1 amide bonds. The first-order valence-corrected chi connectivity index (χ1v) is 6.62. The van der Waals surface area contributed by atoms with Crippen LogP contribution in [0, 0.1) is 0 Å². The molecular weight excluding hydrogens is 244 g/mol. The molecule has 0 bridgehead atoms. The zero-order valence-electron chi connectivity index (χ0n) is 11.2. The molecule has 1 saturated heterocycles. The molecular formula is C14H18N2O3. The summed E-state index contributed by atoms with van der Waals surface area (Å²) in [5.74, 6) is 1.59. The van der Waals surface area contributed by atoms with Crippen molar-refractivity contribution in [2.75, 3.05) is 18.2 Å². The number of fused-ring (bicyclic) bond motifs is 1. The summed E-state index contributed by atoms with van der Waals surface area (Å²) in [5, 5.41) is 3.30. The number of hydrogen-bond acceptors (Lipinski definition) is 4. The maximum Gasteiger partial charge on any atom is 0.244 e. The van der Waals surface area contributed by atoms with Gasteiger partial charge in [0.1, 0.15) is 0 Å². The van der Waals surface area contributed by atoms with E-state index in [0.29, 0.717) is 11.8 Å². The van der Waals surface area contributed by atoms with Gasteiger partial charge in [-0.05, 0) is 18.6 Å². The maximum atomic E-state index is 12.3. The van der Waals surface area contributed by atoms with E-state index in [1.807, 2.05) is 23.1 Å². The van der Waals surface area contributed by atoms with Crippen LogP contribution in [-0.2, 0) is 4.79 Å². The molecule has 1 fully saturated rings. The van der Waals surface area contributed by atoms with Gasteiger partial charge in [-0.15, -0.1) is 0 Å². The first-order chi connectivity index (χ1) is 9.15. The summed E-state index contributed by atoms with van der Waals surface area (Å²) in [4.78, 5) is 14.1. The lowest BCUT2D eigenvalue weighted by Gasteiger charge is -2.18. The van der Waals surface area contributed by atoms with E-state index in [1.165, 1.54) is 0 Å². The predicted octanol–water partition coefficient (Wildman–Crippen LogP) is 1.52. The summed E-state index contributed by atoms with van der Waals surface area (Å²) in [6, 6.07) is 5.87. The van der Waals surface area contributed by atoms with Gasteiger partial charge in [-0.25, -0.2) is 0 Å². The van der Waals surface area contributed by atoms with Crippen LogP contribution in [0.4, 0.5) is 5.69 Å². The molecule has 2 heterocycles. The van der Waals surface area contributed by atoms with E-state index >= 15 is 0 Å². The number of benzene rings is 1. The number of anilines is 1. The second-order valence-electron chi connectivity index (χ2n) is 5.19. The van der Waals surface area contributed by atoms with Crippen molar-refractivity contribution in [2.45, 2.75) is 32.4 Å². The number of carbonyl (C=O) groups excluding carboxylic acids is 1. The molecule has 1 aromatic carbocycles. The molecule has 0 aromatic heterocycles. The molecule has 3 rings (SSSR count). The molecule has 1 N–H and O–H groups in total. The van der Waals surface area contributed by atoms with Gasteiger partial charge in [0, 0.05) is 24.3 Å². The van der Waals surface area contributed by atoms with Crippen LogP contribution < -0.4 is 19.7 Å². The monoisotopic (exact) mass is 262 g/mol. The predicted molar refractivity (Wildman–Crippen MR) is 71.6 cm³/mol. The Morgan fingerprint density at radius 1 is 1.32 bits per heavy atom. The van der Waals surface area contributed by atoms with E-state index in [0.717, 1.165) is 24.4 Å². The Morgan fingerprint density at radius 3 is 2.89 bits per heavy atom. The van der Waals surface area contributed by atoms with E-state index in [-0.39, 0.29) is 18.7 Å². The average molecular weight is 262 g/mol. The quantitative estimate of drug-likeness (QED) is 0.897. The molecule has 0 saturated carbocycles. The van der Waals surface area contributed by atoms with Crippen molar-refractivity contribution in [2.24, 2.45) is 0 Å². The van der Waals surface area contributed by atoms with E-state index in [9.17, 15) is 4.79 Å². The Morgan fingerprint density at radius 2 is 2.11 bits per heavy atom. The lowest BCUT2D eigenvalue weighted by molar-refractivity contribution is -0.118. The van der Waals surface area contributed by atoms with Crippen LogP contribution >= 0.6 is 0 Å². The van der Waals surface area contributed by atoms with Crippen LogP contribution in [-0.4, -0.2) is 31.3 Å². The van der Waals surface area contributed by atoms with Crippen molar-refractivity contribution < 1.29 is 14.3 Å². The number of hydrogen-bond donors (Lipinski definition) is 1. The zero-order valence-corrected chi connectivity index (χ0v) is 11.2. The fraction of sp³-hybridized carbons (Fsp3) is 0.500. The Labute approximate surface area is 112 Å². The highest BCUT2D eigenvalue weighted by molar-refractivity contribution is 5.99. The molecule has 0 radical (unpaired) electrons. The molecule has 2 aliphatic heterocycles. The number of ether oxygens (including phenoxy) is 2. The second-order valence-corrected chi connectivity index (χ2v) is 5.19. The van der Waals surface area contributed by atoms with Gasteiger partial charge in [0.2, 0.25) is 12.7 Å². The second kappa shape index (κ2) is 4.74. The minimum Gasteiger partial charge on any atom is -0.454 e. The normalized spacial score (nSPS) is 21.5. The maximum absolute atomic E-state index is 12.3. The summed E-state index contributed by atoms with van der Waals surface area (Å²) in [5.41, 5.74) is 0.877. The Kier molecular flexibility index (Phi) is 3.06. The molecule has 1 aromatic rings. The first-order valence-electron chi connectivity index (χ1n) is 6.62. The molecule has 1 atom stereocenters. The van der Waals surface area contributed by atoms with Crippen LogP contribution in [0.25, 0.3) is 0 Å². The average Bonchev–Trinajstić information content (AvgIpc) is 2.96. The number of amides is 1. The Bertz CT molecular complexity index is 501. The van der Waals surface area contributed by atoms with Gasteiger partial charge < -0.3 is 19.7 Å². The summed E-state index contributed by atoms with van der Waals surface area (Å²) in [6.45, 7) is 5.10. The van der Waals surface area contributed by atoms with E-state index in [1.54, 1.807) is 0 Å². The number of carbonyl (C=O) groups is 1. The van der Waals surface area contributed by atoms with Crippen molar-refractivity contribution in [1.82, 2.24) is 5.32 Å². The summed E-state index contributed by atoms with van der Waals surface area (Å²) < 4.78 is 10.6. The van der Waals surface area contributed by atoms with Gasteiger partial charge in [0.15, 0.2) is 11.5 Å². The minimum absolute atomic E-state index is 0.0783. The zero-order chi connectivity index (χ0) is 13.4. The summed E-state index contributed by atoms with van der Waals surface area (Å²) >= 11 is 0. The number of nitrogens with zero attached hydrogens (tertiary/aromatic N) is 1. The van der Waals surface area contributed by atoms with Gasteiger partial charge in [0.05, 0.1) is 6.04 Å². The minimum atomic E-state index is -0.0783. The third-order valence-electron chi connectivity index (χ3n) is 3.41. The standard InChI is InChI=1S/C14H18N2O3/c1-9(2)15-11-5-6-16(14(11)17)10-3-4-12-13(7-10)19-8-18-12/h3-4,7,9,11,15H,5-6,8H2,1-2H3. The third-order valence-corrected chi connectivity index (χ3v) is 3.41. The van der Waals surface area contributed by atoms with Crippen molar-refractivity contribution >= 4 is 11.6 Å². The van der Waals surface area contributed by atoms with Gasteiger partial charge in [-0.1, -0.05) is 13.8 Å². The van der Waals surface area contributed by atoms with Crippen LogP contribution in [0.2, 0.25) is 0 Å². The van der Waals surface area contributed by atoms with Crippen LogP contribution in [0.1, 0.15) is 20.3 Å². The van der Waals surface area contributed by atoms with Gasteiger partial charge in [-0.2, -0.15) is 0 Å². The SMILES string of the molecule is CC(C)NC1CCN(c2ccc3c(c2)OCO3)C1=O. The molecule has 5 heteroatoms. The van der Waals surface area contributed by atoms with E-state index in [2.05, 4.69) is 19.2 Å². The van der Waals surface area contributed by atoms with Gasteiger partial charge >= 0.3 is 0 Å². The highest BCUT2D eigenvalue weighted by Crippen LogP contribution is 2.36. The van der Waals surface area contributed by atoms with Gasteiger partial charge in [-0.3, -0.25) is 4.79 Å². The highest BCUT2D eigenvalue weighted by Gasteiger charge is 2.33. The molecule has 0 spiro atoms. The molecule has 5 nitrogen and oxygen atoms in total. The Hall–Kier alpha value is -1.75. The van der Waals surface area contributed by atoms with E-state index in [4.69, 9.17) is 9.47 Å². The number of rotatable bonds is 3. The topological polar surface area (TPSA) is 50.8 Å². The first kappa shape index (κ1) is 12.3. The van der Waals surface area contributed by atoms with Crippen molar-refractivity contribution in [3.8, 4) is 11.5 Å². The third kappa shape index (κ3) is 2.26. The molecule has 2 aliphatic rings. The van der Waals surface area contributed by atoms with Gasteiger partial charge in [0.25, 0.3) is 0 Å². The summed E-state index contributed by atoms with van der Waals surface area (Å²) in [6.07, 6.45) is 0.839. The lowest BCUT2D eigenvalue weighted by Crippen LogP contribution is -2.41. The highest BCUT2D eigenvalue weighted by atomic mass is 16.7. The van der Waals surface area contributed by atoms with Crippen LogP contribution in [0.3, 0.4) is 0 Å². The summed E-state index contributed by atoms with van der Waals surface area (Å²) in [7, 11) is 0.